The Labute approximate surface area is 198 Å². The minimum atomic E-state index is -0.403. The molecular formula is C26H22Cl2N2O2. The number of halogens is 2. The fraction of sp³-hybridized carbons (Fsp3) is 0.154. The molecular weight excluding hydrogens is 443 g/mol. The molecule has 0 saturated heterocycles. The average Bonchev–Trinajstić information content (AvgIpc) is 2.82. The molecule has 0 unspecified atom stereocenters. The first-order valence-electron chi connectivity index (χ1n) is 10.2. The predicted molar refractivity (Wildman–Crippen MR) is 129 cm³/mol. The molecule has 3 aromatic rings. The Morgan fingerprint density at radius 2 is 1.72 bits per heavy atom. The normalized spacial score (nSPS) is 11.0. The smallest absolute Gasteiger partial charge is 0.261 e. The number of para-hydroxylation sites is 1. The Kier molecular flexibility index (Phi) is 8.74. The Morgan fingerprint density at radius 1 is 0.969 bits per heavy atom. The lowest BCUT2D eigenvalue weighted by Crippen LogP contribution is -2.25. The summed E-state index contributed by atoms with van der Waals surface area (Å²) in [6, 6.07) is 24.6. The van der Waals surface area contributed by atoms with E-state index in [-0.39, 0.29) is 12.2 Å². The maximum atomic E-state index is 12.5. The molecule has 32 heavy (non-hydrogen) atoms. The number of aryl methyl sites for hydroxylation is 1. The van der Waals surface area contributed by atoms with Crippen LogP contribution in [-0.2, 0) is 17.8 Å². The number of hydrogen-bond acceptors (Lipinski definition) is 3. The number of nitrogens with one attached hydrogen (secondary N) is 1. The van der Waals surface area contributed by atoms with E-state index in [1.54, 1.807) is 24.3 Å². The standard InChI is InChI=1S/C26H22Cl2N2O2/c27-23-13-12-20(15-24(23)28)18-32-25-11-5-4-10-21(25)16-22(17-29)26(31)30-14-6-9-19-7-2-1-3-8-19/h1-5,7-8,10-13,15-16H,6,9,14,18H2,(H,30,31)/b22-16-. The number of nitrogens with zero attached hydrogens (tertiary/aromatic N) is 1. The Bertz CT molecular complexity index is 1140. The van der Waals surface area contributed by atoms with E-state index in [1.165, 1.54) is 11.6 Å². The monoisotopic (exact) mass is 464 g/mol. The lowest BCUT2D eigenvalue weighted by molar-refractivity contribution is -0.117. The molecule has 1 N–H and O–H groups in total. The molecule has 0 aromatic heterocycles. The Hall–Kier alpha value is -3.26. The molecule has 6 heteroatoms. The van der Waals surface area contributed by atoms with Crippen molar-refractivity contribution in [2.75, 3.05) is 6.54 Å². The van der Waals surface area contributed by atoms with Crippen LogP contribution in [0.3, 0.4) is 0 Å². The first-order chi connectivity index (χ1) is 15.6. The molecule has 3 rings (SSSR count). The van der Waals surface area contributed by atoms with Crippen LogP contribution < -0.4 is 10.1 Å². The van der Waals surface area contributed by atoms with Crippen LogP contribution in [0.2, 0.25) is 10.0 Å². The van der Waals surface area contributed by atoms with Crippen LogP contribution in [0.25, 0.3) is 6.08 Å². The number of benzene rings is 3. The quantitative estimate of drug-likeness (QED) is 0.232. The van der Waals surface area contributed by atoms with E-state index in [0.717, 1.165) is 18.4 Å². The van der Waals surface area contributed by atoms with Gasteiger partial charge in [0.05, 0.1) is 10.0 Å². The molecule has 162 valence electrons. The molecule has 0 aliphatic heterocycles. The summed E-state index contributed by atoms with van der Waals surface area (Å²) >= 11 is 12.0. The number of carbonyl (C=O) groups is 1. The van der Waals surface area contributed by atoms with E-state index < -0.39 is 5.91 Å². The minimum absolute atomic E-state index is 0.0234. The molecule has 0 spiro atoms. The molecule has 1 amide bonds. The van der Waals surface area contributed by atoms with E-state index in [2.05, 4.69) is 17.4 Å². The minimum Gasteiger partial charge on any atom is -0.488 e. The molecule has 0 aliphatic rings. The van der Waals surface area contributed by atoms with Crippen molar-refractivity contribution in [3.05, 3.63) is 105 Å². The Balaban J connectivity index is 1.61. The second-order valence-electron chi connectivity index (χ2n) is 7.09. The van der Waals surface area contributed by atoms with Gasteiger partial charge in [-0.3, -0.25) is 4.79 Å². The van der Waals surface area contributed by atoms with Crippen molar-refractivity contribution in [2.24, 2.45) is 0 Å². The summed E-state index contributed by atoms with van der Waals surface area (Å²) in [4.78, 5) is 12.5. The molecule has 0 heterocycles. The third kappa shape index (κ3) is 6.88. The van der Waals surface area contributed by atoms with Gasteiger partial charge in [0, 0.05) is 12.1 Å². The molecule has 0 aliphatic carbocycles. The van der Waals surface area contributed by atoms with Gasteiger partial charge in [0.25, 0.3) is 5.91 Å². The van der Waals surface area contributed by atoms with Crippen molar-refractivity contribution in [1.82, 2.24) is 5.32 Å². The van der Waals surface area contributed by atoms with Crippen molar-refractivity contribution in [1.29, 1.82) is 5.26 Å². The maximum absolute atomic E-state index is 12.5. The van der Waals surface area contributed by atoms with Crippen LogP contribution in [0.5, 0.6) is 5.75 Å². The molecule has 0 bridgehead atoms. The molecule has 4 nitrogen and oxygen atoms in total. The molecule has 0 radical (unpaired) electrons. The lowest BCUT2D eigenvalue weighted by Gasteiger charge is -2.10. The zero-order valence-corrected chi connectivity index (χ0v) is 18.9. The van der Waals surface area contributed by atoms with Crippen molar-refractivity contribution in [3.63, 3.8) is 0 Å². The van der Waals surface area contributed by atoms with E-state index >= 15 is 0 Å². The fourth-order valence-corrected chi connectivity index (χ4v) is 3.38. The predicted octanol–water partition coefficient (Wildman–Crippen LogP) is 6.23. The summed E-state index contributed by atoms with van der Waals surface area (Å²) in [6.07, 6.45) is 3.19. The van der Waals surface area contributed by atoms with Crippen LogP contribution in [0.15, 0.2) is 78.4 Å². The molecule has 0 atom stereocenters. The van der Waals surface area contributed by atoms with E-state index in [0.29, 0.717) is 27.9 Å². The highest BCUT2D eigenvalue weighted by Gasteiger charge is 2.11. The second kappa shape index (κ2) is 12.0. The molecule has 3 aromatic carbocycles. The number of hydrogen-bond donors (Lipinski definition) is 1. The number of amides is 1. The Morgan fingerprint density at radius 3 is 2.47 bits per heavy atom. The summed E-state index contributed by atoms with van der Waals surface area (Å²) in [6.45, 7) is 0.761. The summed E-state index contributed by atoms with van der Waals surface area (Å²) < 4.78 is 5.90. The van der Waals surface area contributed by atoms with Crippen LogP contribution in [0.4, 0.5) is 0 Å². The van der Waals surface area contributed by atoms with Crippen LogP contribution >= 0.6 is 23.2 Å². The van der Waals surface area contributed by atoms with E-state index in [9.17, 15) is 10.1 Å². The number of carbonyl (C=O) groups excluding carboxylic acids is 1. The van der Waals surface area contributed by atoms with Gasteiger partial charge in [-0.1, -0.05) is 77.8 Å². The van der Waals surface area contributed by atoms with E-state index in [1.807, 2.05) is 42.5 Å². The SMILES string of the molecule is N#C/C(=C/c1ccccc1OCc1ccc(Cl)c(Cl)c1)C(=O)NCCCc1ccccc1. The summed E-state index contributed by atoms with van der Waals surface area (Å²) in [5, 5.41) is 13.2. The van der Waals surface area contributed by atoms with Gasteiger partial charge in [0.15, 0.2) is 0 Å². The second-order valence-corrected chi connectivity index (χ2v) is 7.90. The zero-order valence-electron chi connectivity index (χ0n) is 17.4. The van der Waals surface area contributed by atoms with Crippen molar-refractivity contribution >= 4 is 35.2 Å². The van der Waals surface area contributed by atoms with Gasteiger partial charge in [-0.05, 0) is 48.2 Å². The van der Waals surface area contributed by atoms with E-state index in [4.69, 9.17) is 27.9 Å². The largest absolute Gasteiger partial charge is 0.488 e. The molecule has 0 saturated carbocycles. The zero-order chi connectivity index (χ0) is 22.8. The van der Waals surface area contributed by atoms with Gasteiger partial charge in [-0.15, -0.1) is 0 Å². The van der Waals surface area contributed by atoms with Gasteiger partial charge in [0.2, 0.25) is 0 Å². The van der Waals surface area contributed by atoms with Gasteiger partial charge >= 0.3 is 0 Å². The highest BCUT2D eigenvalue weighted by molar-refractivity contribution is 6.42. The summed E-state index contributed by atoms with van der Waals surface area (Å²) in [5.41, 5.74) is 2.74. The maximum Gasteiger partial charge on any atom is 0.261 e. The topological polar surface area (TPSA) is 62.1 Å². The summed E-state index contributed by atoms with van der Waals surface area (Å²) in [5.74, 6) is 0.156. The highest BCUT2D eigenvalue weighted by Crippen LogP contribution is 2.25. The van der Waals surface area contributed by atoms with Gasteiger partial charge in [0.1, 0.15) is 24.0 Å². The van der Waals surface area contributed by atoms with Crippen LogP contribution in [-0.4, -0.2) is 12.5 Å². The number of rotatable bonds is 9. The van der Waals surface area contributed by atoms with Gasteiger partial charge in [-0.2, -0.15) is 5.26 Å². The first kappa shape index (κ1) is 23.4. The first-order valence-corrected chi connectivity index (χ1v) is 10.9. The molecule has 0 fully saturated rings. The number of ether oxygens (including phenoxy) is 1. The van der Waals surface area contributed by atoms with Crippen molar-refractivity contribution in [2.45, 2.75) is 19.4 Å². The van der Waals surface area contributed by atoms with Crippen LogP contribution in [0, 0.1) is 11.3 Å². The lowest BCUT2D eigenvalue weighted by atomic mass is 10.1. The summed E-state index contributed by atoms with van der Waals surface area (Å²) in [7, 11) is 0. The third-order valence-corrected chi connectivity index (χ3v) is 5.47. The third-order valence-electron chi connectivity index (χ3n) is 4.73. The number of nitriles is 1. The van der Waals surface area contributed by atoms with Gasteiger partial charge < -0.3 is 10.1 Å². The van der Waals surface area contributed by atoms with Crippen LogP contribution in [0.1, 0.15) is 23.1 Å². The van der Waals surface area contributed by atoms with Gasteiger partial charge in [-0.25, -0.2) is 0 Å². The highest BCUT2D eigenvalue weighted by atomic mass is 35.5. The average molecular weight is 465 g/mol. The van der Waals surface area contributed by atoms with Crippen molar-refractivity contribution < 1.29 is 9.53 Å². The fourth-order valence-electron chi connectivity index (χ4n) is 3.06. The van der Waals surface area contributed by atoms with Crippen molar-refractivity contribution in [3.8, 4) is 11.8 Å².